The monoisotopic (exact) mass is 1050 g/mol. The summed E-state index contributed by atoms with van der Waals surface area (Å²) in [5, 5.41) is 8.58. The Morgan fingerprint density at radius 1 is 0.757 bits per heavy atom. The van der Waals surface area contributed by atoms with Crippen molar-refractivity contribution in [2.24, 2.45) is 11.6 Å². The zero-order chi connectivity index (χ0) is 53.4. The Morgan fingerprint density at radius 2 is 1.41 bits per heavy atom. The van der Waals surface area contributed by atoms with Crippen LogP contribution in [0.5, 0.6) is 11.5 Å². The maximum absolute atomic E-state index is 13.9. The van der Waals surface area contributed by atoms with Crippen molar-refractivity contribution in [3.05, 3.63) is 120 Å². The molecule has 0 aliphatic heterocycles. The fourth-order valence-electron chi connectivity index (χ4n) is 7.67. The molecule has 0 spiro atoms. The summed E-state index contributed by atoms with van der Waals surface area (Å²) in [4.78, 5) is 49.1. The quantitative estimate of drug-likeness (QED) is 0.0264. The van der Waals surface area contributed by atoms with E-state index in [0.717, 1.165) is 21.5 Å². The summed E-state index contributed by atoms with van der Waals surface area (Å²) in [6.07, 6.45) is -1.26. The predicted molar refractivity (Wildman–Crippen MR) is 271 cm³/mol. The number of aromatic nitrogens is 1. The molecule has 1 aromatic heterocycles. The standard InChI is InChI=1S/C52H66F3N7O11S/c1-3-38-35-59-49-43(18-11-19-44(49)52(53,54)55)48(38)39-14-9-15-40(33-39)73-41-16-10-17-42(34-41)74(66,67)62(2)23-22-58-50(64)45(20-7-8-21-56)61-51(65)46(32-37-12-5-4-6-13-37)60-47(63)36-71-29-28-69-25-24-68-26-27-70-30-31-72-57/h4-6,9-19,33-35,45-46H,3,7-8,20-32,36,56-57H2,1-2H3,(H,58,64)(H,60,63)(H,61,65)/t45-,46-/m0/s1. The second kappa shape index (κ2) is 30.3. The highest BCUT2D eigenvalue weighted by Gasteiger charge is 2.34. The van der Waals surface area contributed by atoms with Gasteiger partial charge in [0.25, 0.3) is 0 Å². The van der Waals surface area contributed by atoms with Gasteiger partial charge in [-0.2, -0.15) is 17.5 Å². The number of nitrogens with one attached hydrogen (secondary N) is 3. The van der Waals surface area contributed by atoms with E-state index in [4.69, 9.17) is 35.3 Å². The van der Waals surface area contributed by atoms with E-state index >= 15 is 0 Å². The number of carbonyl (C=O) groups is 3. The summed E-state index contributed by atoms with van der Waals surface area (Å²) < 4.78 is 98.3. The molecule has 5 aromatic rings. The highest BCUT2D eigenvalue weighted by molar-refractivity contribution is 7.89. The predicted octanol–water partition coefficient (Wildman–Crippen LogP) is 5.31. The van der Waals surface area contributed by atoms with Crippen LogP contribution in [0.2, 0.25) is 0 Å². The van der Waals surface area contributed by atoms with E-state index in [9.17, 15) is 36.0 Å². The third kappa shape index (κ3) is 18.4. The summed E-state index contributed by atoms with van der Waals surface area (Å²) in [5.41, 5.74) is 7.38. The van der Waals surface area contributed by atoms with Crippen molar-refractivity contribution >= 4 is 38.6 Å². The van der Waals surface area contributed by atoms with Gasteiger partial charge in [-0.15, -0.1) is 0 Å². The number of unbranched alkanes of at least 4 members (excludes halogenated alkanes) is 1. The number of para-hydroxylation sites is 1. The Kier molecular flexibility index (Phi) is 24.1. The fraction of sp³-hybridized carbons (Fsp3) is 0.423. The van der Waals surface area contributed by atoms with Crippen LogP contribution in [-0.2, 0) is 67.2 Å². The molecule has 1 heterocycles. The van der Waals surface area contributed by atoms with Crippen LogP contribution >= 0.6 is 0 Å². The molecule has 0 aliphatic rings. The molecular weight excluding hydrogens is 988 g/mol. The van der Waals surface area contributed by atoms with Crippen LogP contribution in [0.3, 0.4) is 0 Å². The minimum absolute atomic E-state index is 0.0973. The Labute approximate surface area is 429 Å². The van der Waals surface area contributed by atoms with E-state index in [1.807, 2.05) is 25.1 Å². The number of rotatable bonds is 33. The zero-order valence-electron chi connectivity index (χ0n) is 41.6. The molecule has 5 rings (SSSR count). The number of halogens is 3. The van der Waals surface area contributed by atoms with Crippen molar-refractivity contribution in [2.75, 3.05) is 86.1 Å². The highest BCUT2D eigenvalue weighted by atomic mass is 32.2. The van der Waals surface area contributed by atoms with Crippen molar-refractivity contribution in [3.8, 4) is 22.6 Å². The number of benzene rings is 4. The topological polar surface area (TPSA) is 245 Å². The Hall–Kier alpha value is -6.08. The molecule has 74 heavy (non-hydrogen) atoms. The van der Waals surface area contributed by atoms with Crippen molar-refractivity contribution < 1.29 is 64.5 Å². The first-order valence-electron chi connectivity index (χ1n) is 24.2. The lowest BCUT2D eigenvalue weighted by Gasteiger charge is -2.24. The van der Waals surface area contributed by atoms with E-state index < -0.39 is 51.6 Å². The largest absolute Gasteiger partial charge is 0.457 e. The molecule has 0 saturated heterocycles. The Balaban J connectivity index is 1.16. The minimum Gasteiger partial charge on any atom is -0.457 e. The number of nitrogens with zero attached hydrogens (tertiary/aromatic N) is 2. The average molecular weight is 1050 g/mol. The molecule has 22 heteroatoms. The number of carbonyl (C=O) groups excluding carboxylic acids is 3. The van der Waals surface area contributed by atoms with Crippen LogP contribution < -0.4 is 32.3 Å². The van der Waals surface area contributed by atoms with E-state index in [0.29, 0.717) is 81.1 Å². The summed E-state index contributed by atoms with van der Waals surface area (Å²) >= 11 is 0. The number of likely N-dealkylation sites (N-methyl/N-ethyl adjacent to an activating group) is 1. The number of fused-ring (bicyclic) bond motifs is 1. The van der Waals surface area contributed by atoms with Gasteiger partial charge >= 0.3 is 6.18 Å². The minimum atomic E-state index is -4.61. The third-order valence-corrected chi connectivity index (χ3v) is 13.3. The second-order valence-electron chi connectivity index (χ2n) is 16.8. The highest BCUT2D eigenvalue weighted by Crippen LogP contribution is 2.39. The van der Waals surface area contributed by atoms with E-state index in [-0.39, 0.29) is 68.5 Å². The number of amides is 3. The van der Waals surface area contributed by atoms with Crippen molar-refractivity contribution in [1.82, 2.24) is 25.2 Å². The molecule has 2 atom stereocenters. The fourth-order valence-corrected chi connectivity index (χ4v) is 8.88. The SMILES string of the molecule is CCc1cnc2c(C(F)(F)F)cccc2c1-c1cccc(Oc2cccc(S(=O)(=O)N(C)CCNC(=O)[C@H](CCCCN)NC(=O)[C@H](Cc3ccccc3)NC(=O)COCCOCCOCCOCCON)c2)c1. The van der Waals surface area contributed by atoms with Gasteiger partial charge in [0, 0.05) is 44.2 Å². The molecule has 4 aromatic carbocycles. The molecular formula is C52H66F3N7O11S. The number of aryl methyl sites for hydroxylation is 1. The summed E-state index contributed by atoms with van der Waals surface area (Å²) in [6.45, 7) is 3.99. The van der Waals surface area contributed by atoms with Gasteiger partial charge in [0.2, 0.25) is 27.7 Å². The molecule has 0 fully saturated rings. The number of ether oxygens (including phenoxy) is 5. The number of pyridine rings is 1. The zero-order valence-corrected chi connectivity index (χ0v) is 42.4. The summed E-state index contributed by atoms with van der Waals surface area (Å²) in [6, 6.07) is 23.5. The maximum atomic E-state index is 13.9. The summed E-state index contributed by atoms with van der Waals surface area (Å²) in [5.74, 6) is 3.71. The van der Waals surface area contributed by atoms with Gasteiger partial charge in [0.05, 0.1) is 68.8 Å². The average Bonchev–Trinajstić information content (AvgIpc) is 3.39. The van der Waals surface area contributed by atoms with Gasteiger partial charge in [0.1, 0.15) is 30.2 Å². The number of alkyl halides is 3. The Bertz CT molecular complexity index is 2670. The van der Waals surface area contributed by atoms with Crippen molar-refractivity contribution in [2.45, 2.75) is 62.2 Å². The lowest BCUT2D eigenvalue weighted by Crippen LogP contribution is -2.55. The van der Waals surface area contributed by atoms with Crippen molar-refractivity contribution in [3.63, 3.8) is 0 Å². The van der Waals surface area contributed by atoms with Crippen molar-refractivity contribution in [1.29, 1.82) is 0 Å². The molecule has 0 radical (unpaired) electrons. The smallest absolute Gasteiger partial charge is 0.418 e. The molecule has 402 valence electrons. The number of hydrogen-bond acceptors (Lipinski definition) is 14. The Morgan fingerprint density at radius 3 is 2.07 bits per heavy atom. The van der Waals surface area contributed by atoms with Crippen LogP contribution in [0, 0.1) is 0 Å². The molecule has 0 aliphatic carbocycles. The van der Waals surface area contributed by atoms with Gasteiger partial charge in [-0.25, -0.2) is 14.3 Å². The maximum Gasteiger partial charge on any atom is 0.418 e. The normalized spacial score (nSPS) is 12.6. The first-order chi connectivity index (χ1) is 35.7. The molecule has 0 unspecified atom stereocenters. The molecule has 0 bridgehead atoms. The van der Waals surface area contributed by atoms with Crippen LogP contribution in [0.4, 0.5) is 13.2 Å². The van der Waals surface area contributed by atoms with Crippen LogP contribution in [0.25, 0.3) is 22.0 Å². The van der Waals surface area contributed by atoms with Gasteiger partial charge in [-0.1, -0.05) is 67.6 Å². The third-order valence-electron chi connectivity index (χ3n) is 11.5. The molecule has 3 amide bonds. The first-order valence-corrected chi connectivity index (χ1v) is 25.7. The van der Waals surface area contributed by atoms with Crippen LogP contribution in [0.1, 0.15) is 42.9 Å². The lowest BCUT2D eigenvalue weighted by molar-refractivity contribution is -0.136. The molecule has 7 N–H and O–H groups in total. The molecule has 18 nitrogen and oxygen atoms in total. The van der Waals surface area contributed by atoms with Crippen LogP contribution in [0.15, 0.2) is 108 Å². The number of sulfonamides is 1. The van der Waals surface area contributed by atoms with E-state index in [1.165, 1.54) is 37.5 Å². The van der Waals surface area contributed by atoms with E-state index in [1.54, 1.807) is 48.5 Å². The van der Waals surface area contributed by atoms with Gasteiger partial charge in [-0.05, 0) is 84.8 Å². The van der Waals surface area contributed by atoms with E-state index in [2.05, 4.69) is 25.8 Å². The first kappa shape index (κ1) is 58.8. The lowest BCUT2D eigenvalue weighted by atomic mass is 9.93. The molecule has 0 saturated carbocycles. The summed E-state index contributed by atoms with van der Waals surface area (Å²) in [7, 11) is -2.77. The van der Waals surface area contributed by atoms with Gasteiger partial charge in [-0.3, -0.25) is 19.4 Å². The number of nitrogens with two attached hydrogens (primary N) is 2. The van der Waals surface area contributed by atoms with Gasteiger partial charge in [0.15, 0.2) is 0 Å². The van der Waals surface area contributed by atoms with Crippen LogP contribution in [-0.4, -0.2) is 134 Å². The van der Waals surface area contributed by atoms with Gasteiger partial charge < -0.3 is 50.2 Å². The second-order valence-corrected chi connectivity index (χ2v) is 18.9. The number of hydrogen-bond donors (Lipinski definition) is 5.